The Hall–Kier alpha value is 0.247. The molecule has 7 heavy (non-hydrogen) atoms. The zero-order chi connectivity index (χ0) is 5.70. The molecule has 0 aromatic rings. The summed E-state index contributed by atoms with van der Waals surface area (Å²) in [5.74, 6) is 0. The van der Waals surface area contributed by atoms with Crippen molar-refractivity contribution in [1.82, 2.24) is 0 Å². The molecule has 0 rings (SSSR count). The molecule has 0 aliphatic rings. The zero-order valence-electron chi connectivity index (χ0n) is 4.65. The quantitative estimate of drug-likeness (QED) is 0.410. The van der Waals surface area contributed by atoms with Crippen LogP contribution in [0.25, 0.3) is 0 Å². The van der Waals surface area contributed by atoms with Crippen LogP contribution in [0.2, 0.25) is 6.04 Å². The zero-order valence-corrected chi connectivity index (χ0v) is 6.56. The molecule has 1 unspecified atom stereocenters. The molecule has 0 saturated heterocycles. The maximum absolute atomic E-state index is 5.79. The summed E-state index contributed by atoms with van der Waals surface area (Å²) in [6.07, 6.45) is 1.20. The van der Waals surface area contributed by atoms with Crippen LogP contribution in [0.3, 0.4) is 0 Å². The monoisotopic (exact) mass is 134 g/mol. The molecule has 0 aliphatic carbocycles. The van der Waals surface area contributed by atoms with E-state index in [0.717, 1.165) is 0 Å². The summed E-state index contributed by atoms with van der Waals surface area (Å²) >= 11 is 5.79. The van der Waals surface area contributed by atoms with Crippen molar-refractivity contribution < 1.29 is 0 Å². The summed E-state index contributed by atoms with van der Waals surface area (Å²) in [6, 6.07) is 1.19. The van der Waals surface area contributed by atoms with Gasteiger partial charge in [-0.2, -0.15) is 11.1 Å². The van der Waals surface area contributed by atoms with E-state index < -0.39 is 8.11 Å². The van der Waals surface area contributed by atoms with Crippen LogP contribution in [0, 0.1) is 0 Å². The van der Waals surface area contributed by atoms with Crippen molar-refractivity contribution in [3.63, 3.8) is 0 Å². The molecule has 0 fully saturated rings. The Kier molecular flexibility index (Phi) is 4.56. The van der Waals surface area contributed by atoms with Crippen LogP contribution in [0.5, 0.6) is 0 Å². The molecule has 0 aromatic carbocycles. The van der Waals surface area contributed by atoms with Gasteiger partial charge in [0.15, 0.2) is 8.11 Å². The van der Waals surface area contributed by atoms with E-state index in [2.05, 4.69) is 13.5 Å². The lowest BCUT2D eigenvalue weighted by atomic mass is 10.6. The van der Waals surface area contributed by atoms with Gasteiger partial charge in [0, 0.05) is 0 Å². The molecule has 0 saturated carbocycles. The van der Waals surface area contributed by atoms with Crippen LogP contribution in [0.1, 0.15) is 13.3 Å². The van der Waals surface area contributed by atoms with E-state index in [1.807, 2.05) is 5.70 Å². The molecular formula is C5H11ClSi. The largest absolute Gasteiger partial charge is 0.166 e. The van der Waals surface area contributed by atoms with Gasteiger partial charge in [-0.3, -0.25) is 0 Å². The van der Waals surface area contributed by atoms with E-state index in [1.54, 1.807) is 0 Å². The highest BCUT2D eigenvalue weighted by Crippen LogP contribution is 2.00. The standard InChI is InChI=1S/C5H11ClSi/c1-3-5-7(6)4-2/h4,7H,2-3,5H2,1H3. The maximum Gasteiger partial charge on any atom is 0.163 e. The smallest absolute Gasteiger partial charge is 0.163 e. The van der Waals surface area contributed by atoms with Crippen molar-refractivity contribution >= 4 is 19.2 Å². The highest BCUT2D eigenvalue weighted by atomic mass is 35.6. The van der Waals surface area contributed by atoms with Crippen molar-refractivity contribution in [3.05, 3.63) is 12.3 Å². The summed E-state index contributed by atoms with van der Waals surface area (Å²) in [5.41, 5.74) is 1.91. The lowest BCUT2D eigenvalue weighted by Gasteiger charge is -1.93. The Morgan fingerprint density at radius 1 is 1.86 bits per heavy atom. The summed E-state index contributed by atoms with van der Waals surface area (Å²) in [5, 5.41) is 0. The Morgan fingerprint density at radius 3 is 2.57 bits per heavy atom. The highest BCUT2D eigenvalue weighted by Gasteiger charge is 1.95. The van der Waals surface area contributed by atoms with Crippen molar-refractivity contribution in [2.45, 2.75) is 19.4 Å². The average Bonchev–Trinajstić information content (AvgIpc) is 1.68. The SMILES string of the molecule is C=C[SiH](Cl)CCC. The minimum atomic E-state index is -0.945. The van der Waals surface area contributed by atoms with Crippen LogP contribution < -0.4 is 0 Å². The van der Waals surface area contributed by atoms with Crippen molar-refractivity contribution in [1.29, 1.82) is 0 Å². The van der Waals surface area contributed by atoms with Gasteiger partial charge in [-0.25, -0.2) is 0 Å². The summed E-state index contributed by atoms with van der Waals surface area (Å²) in [7, 11) is -0.945. The van der Waals surface area contributed by atoms with Crippen LogP contribution in [-0.2, 0) is 0 Å². The van der Waals surface area contributed by atoms with Gasteiger partial charge in [0.1, 0.15) is 0 Å². The third-order valence-corrected chi connectivity index (χ3v) is 3.65. The van der Waals surface area contributed by atoms with Crippen LogP contribution in [0.4, 0.5) is 0 Å². The predicted molar refractivity (Wildman–Crippen MR) is 38.3 cm³/mol. The molecule has 1 atom stereocenters. The molecule has 0 nitrogen and oxygen atoms in total. The van der Waals surface area contributed by atoms with Gasteiger partial charge < -0.3 is 0 Å². The minimum absolute atomic E-state index is 0.945. The lowest BCUT2D eigenvalue weighted by Crippen LogP contribution is -1.95. The van der Waals surface area contributed by atoms with E-state index in [-0.39, 0.29) is 0 Å². The van der Waals surface area contributed by atoms with Crippen LogP contribution in [0.15, 0.2) is 12.3 Å². The number of halogens is 1. The van der Waals surface area contributed by atoms with Gasteiger partial charge in [-0.15, -0.1) is 6.58 Å². The van der Waals surface area contributed by atoms with Gasteiger partial charge >= 0.3 is 0 Å². The van der Waals surface area contributed by atoms with Gasteiger partial charge in [0.2, 0.25) is 0 Å². The number of rotatable bonds is 3. The van der Waals surface area contributed by atoms with Crippen molar-refractivity contribution in [2.24, 2.45) is 0 Å². The first kappa shape index (κ1) is 7.25. The van der Waals surface area contributed by atoms with Gasteiger partial charge in [0.05, 0.1) is 0 Å². The number of hydrogen-bond acceptors (Lipinski definition) is 0. The van der Waals surface area contributed by atoms with Gasteiger partial charge in [0.25, 0.3) is 0 Å². The number of hydrogen-bond donors (Lipinski definition) is 0. The second kappa shape index (κ2) is 4.41. The molecular weight excluding hydrogens is 124 g/mol. The average molecular weight is 135 g/mol. The van der Waals surface area contributed by atoms with Crippen LogP contribution >= 0.6 is 11.1 Å². The first-order valence-electron chi connectivity index (χ1n) is 2.58. The molecule has 0 spiro atoms. The third kappa shape index (κ3) is 4.09. The van der Waals surface area contributed by atoms with E-state index in [1.165, 1.54) is 12.5 Å². The first-order chi connectivity index (χ1) is 3.31. The molecule has 0 aromatic heterocycles. The topological polar surface area (TPSA) is 0 Å². The Balaban J connectivity index is 2.98. The summed E-state index contributed by atoms with van der Waals surface area (Å²) < 4.78 is 0. The van der Waals surface area contributed by atoms with E-state index in [4.69, 9.17) is 11.1 Å². The minimum Gasteiger partial charge on any atom is -0.166 e. The second-order valence-corrected chi connectivity index (χ2v) is 5.30. The molecule has 0 N–H and O–H groups in total. The van der Waals surface area contributed by atoms with E-state index in [0.29, 0.717) is 0 Å². The Labute approximate surface area is 51.5 Å². The predicted octanol–water partition coefficient (Wildman–Crippen LogP) is 2.08. The second-order valence-electron chi connectivity index (χ2n) is 1.54. The summed E-state index contributed by atoms with van der Waals surface area (Å²) in [4.78, 5) is 0. The van der Waals surface area contributed by atoms with Crippen molar-refractivity contribution in [3.8, 4) is 0 Å². The van der Waals surface area contributed by atoms with Crippen molar-refractivity contribution in [2.75, 3.05) is 0 Å². The van der Waals surface area contributed by atoms with Gasteiger partial charge in [-0.05, 0) is 6.04 Å². The molecule has 42 valence electrons. The summed E-state index contributed by atoms with van der Waals surface area (Å²) in [6.45, 7) is 5.75. The molecule has 0 amide bonds. The lowest BCUT2D eigenvalue weighted by molar-refractivity contribution is 1.07. The van der Waals surface area contributed by atoms with E-state index >= 15 is 0 Å². The molecule has 0 radical (unpaired) electrons. The van der Waals surface area contributed by atoms with Crippen LogP contribution in [-0.4, -0.2) is 8.11 Å². The fourth-order valence-corrected chi connectivity index (χ4v) is 1.84. The Morgan fingerprint density at radius 2 is 2.43 bits per heavy atom. The maximum atomic E-state index is 5.79. The highest BCUT2D eigenvalue weighted by molar-refractivity contribution is 7.09. The van der Waals surface area contributed by atoms with Gasteiger partial charge in [-0.1, -0.05) is 19.0 Å². The Bertz CT molecular complexity index is 54.0. The molecule has 0 aliphatic heterocycles. The fourth-order valence-electron chi connectivity index (χ4n) is 0.394. The molecule has 0 heterocycles. The first-order valence-corrected chi connectivity index (χ1v) is 5.80. The molecule has 2 heteroatoms. The third-order valence-electron chi connectivity index (χ3n) is 0.820. The van der Waals surface area contributed by atoms with E-state index in [9.17, 15) is 0 Å². The fraction of sp³-hybridized carbons (Fsp3) is 0.600. The normalized spacial score (nSPS) is 13.4. The molecule has 0 bridgehead atoms.